The first kappa shape index (κ1) is 8.49. The molecular formula is C9H11N3. The van der Waals surface area contributed by atoms with Crippen molar-refractivity contribution in [1.29, 1.82) is 0 Å². The van der Waals surface area contributed by atoms with E-state index in [-0.39, 0.29) is 6.15 Å². The summed E-state index contributed by atoms with van der Waals surface area (Å²) in [5.74, 6) is 0. The van der Waals surface area contributed by atoms with Crippen LogP contribution >= 0.6 is 0 Å². The van der Waals surface area contributed by atoms with Gasteiger partial charge in [-0.05, 0) is 24.3 Å². The molecule has 3 heteroatoms. The van der Waals surface area contributed by atoms with Crippen LogP contribution in [0.1, 0.15) is 0 Å². The van der Waals surface area contributed by atoms with E-state index in [4.69, 9.17) is 5.73 Å². The number of nitrogen functional groups attached to an aromatic ring is 1. The van der Waals surface area contributed by atoms with E-state index < -0.39 is 0 Å². The molecule has 0 aliphatic heterocycles. The van der Waals surface area contributed by atoms with Gasteiger partial charge in [-0.25, -0.2) is 0 Å². The van der Waals surface area contributed by atoms with E-state index in [0.29, 0.717) is 0 Å². The van der Waals surface area contributed by atoms with Crippen LogP contribution in [0.5, 0.6) is 0 Å². The van der Waals surface area contributed by atoms with E-state index in [9.17, 15) is 0 Å². The Balaban J connectivity index is 0.000000720. The van der Waals surface area contributed by atoms with E-state index in [1.807, 2.05) is 30.3 Å². The molecule has 2 rings (SSSR count). The largest absolute Gasteiger partial charge is 0.399 e. The molecule has 0 spiro atoms. The van der Waals surface area contributed by atoms with Crippen LogP contribution in [0, 0.1) is 0 Å². The summed E-state index contributed by atoms with van der Waals surface area (Å²) in [4.78, 5) is 4.17. The average Bonchev–Trinajstić information content (AvgIpc) is 2.04. The molecule has 3 nitrogen and oxygen atoms in total. The fraction of sp³-hybridized carbons (Fsp3) is 0. The van der Waals surface area contributed by atoms with Crippen molar-refractivity contribution in [3.63, 3.8) is 0 Å². The smallest absolute Gasteiger partial charge is 0.0703 e. The first-order valence-corrected chi connectivity index (χ1v) is 3.46. The molecule has 0 saturated heterocycles. The Bertz CT molecular complexity index is 384. The molecule has 0 atom stereocenters. The van der Waals surface area contributed by atoms with Crippen molar-refractivity contribution >= 4 is 16.6 Å². The number of anilines is 1. The van der Waals surface area contributed by atoms with E-state index >= 15 is 0 Å². The van der Waals surface area contributed by atoms with Crippen LogP contribution in [0.15, 0.2) is 36.5 Å². The van der Waals surface area contributed by atoms with Gasteiger partial charge in [-0.15, -0.1) is 0 Å². The number of hydrogen-bond donors (Lipinski definition) is 2. The van der Waals surface area contributed by atoms with Gasteiger partial charge in [0.2, 0.25) is 0 Å². The Labute approximate surface area is 70.8 Å². The lowest BCUT2D eigenvalue weighted by Gasteiger charge is -1.96. The third-order valence-electron chi connectivity index (χ3n) is 1.63. The maximum atomic E-state index is 5.60. The van der Waals surface area contributed by atoms with Crippen molar-refractivity contribution < 1.29 is 0 Å². The van der Waals surface area contributed by atoms with E-state index in [1.54, 1.807) is 6.20 Å². The van der Waals surface area contributed by atoms with Crippen molar-refractivity contribution in [3.8, 4) is 0 Å². The van der Waals surface area contributed by atoms with Crippen molar-refractivity contribution in [3.05, 3.63) is 36.5 Å². The number of hydrogen-bond acceptors (Lipinski definition) is 3. The Morgan fingerprint density at radius 1 is 1.17 bits per heavy atom. The van der Waals surface area contributed by atoms with E-state index in [1.165, 1.54) is 0 Å². The van der Waals surface area contributed by atoms with Gasteiger partial charge in [-0.3, -0.25) is 4.98 Å². The summed E-state index contributed by atoms with van der Waals surface area (Å²) in [5, 5.41) is 1.09. The highest BCUT2D eigenvalue weighted by Crippen LogP contribution is 2.13. The minimum Gasteiger partial charge on any atom is -0.399 e. The summed E-state index contributed by atoms with van der Waals surface area (Å²) < 4.78 is 0. The predicted molar refractivity (Wildman–Crippen MR) is 51.2 cm³/mol. The molecule has 12 heavy (non-hydrogen) atoms. The minimum absolute atomic E-state index is 0. The van der Waals surface area contributed by atoms with Crippen LogP contribution in [-0.4, -0.2) is 4.98 Å². The topological polar surface area (TPSA) is 73.9 Å². The maximum Gasteiger partial charge on any atom is 0.0703 e. The maximum absolute atomic E-state index is 5.60. The third kappa shape index (κ3) is 1.35. The molecule has 0 unspecified atom stereocenters. The van der Waals surface area contributed by atoms with Gasteiger partial charge in [0.25, 0.3) is 0 Å². The second-order valence-corrected chi connectivity index (χ2v) is 2.46. The highest BCUT2D eigenvalue weighted by atomic mass is 14.6. The molecule has 0 fully saturated rings. The van der Waals surface area contributed by atoms with Crippen LogP contribution in [0.25, 0.3) is 10.9 Å². The second kappa shape index (κ2) is 3.19. The van der Waals surface area contributed by atoms with Crippen molar-refractivity contribution in [2.24, 2.45) is 0 Å². The second-order valence-electron chi connectivity index (χ2n) is 2.46. The zero-order valence-corrected chi connectivity index (χ0v) is 6.70. The number of nitrogens with two attached hydrogens (primary N) is 1. The molecule has 0 aliphatic rings. The standard InChI is InChI=1S/C9H8N2.H3N/c10-8-3-4-9-7(6-8)2-1-5-11-9;/h1-6H,10H2;1H3. The lowest BCUT2D eigenvalue weighted by atomic mass is 10.2. The summed E-state index contributed by atoms with van der Waals surface area (Å²) in [6.45, 7) is 0. The molecule has 1 aromatic heterocycles. The van der Waals surface area contributed by atoms with Crippen molar-refractivity contribution in [2.75, 3.05) is 5.73 Å². The molecule has 1 aromatic carbocycles. The quantitative estimate of drug-likeness (QED) is 0.580. The fourth-order valence-corrected chi connectivity index (χ4v) is 1.09. The summed E-state index contributed by atoms with van der Waals surface area (Å²) in [7, 11) is 0. The van der Waals surface area contributed by atoms with Gasteiger partial charge < -0.3 is 11.9 Å². The molecule has 0 saturated carbocycles. The Hall–Kier alpha value is -1.61. The van der Waals surface area contributed by atoms with Crippen LogP contribution in [0.2, 0.25) is 0 Å². The first-order chi connectivity index (χ1) is 5.36. The van der Waals surface area contributed by atoms with Gasteiger partial charge in [-0.1, -0.05) is 6.07 Å². The molecule has 1 heterocycles. The number of rotatable bonds is 0. The summed E-state index contributed by atoms with van der Waals surface area (Å²) >= 11 is 0. The molecule has 5 N–H and O–H groups in total. The Morgan fingerprint density at radius 2 is 2.00 bits per heavy atom. The average molecular weight is 161 g/mol. The Morgan fingerprint density at radius 3 is 2.83 bits per heavy atom. The van der Waals surface area contributed by atoms with Gasteiger partial charge in [-0.2, -0.15) is 0 Å². The predicted octanol–water partition coefficient (Wildman–Crippen LogP) is 1.98. The number of aromatic nitrogens is 1. The number of fused-ring (bicyclic) bond motifs is 1. The highest BCUT2D eigenvalue weighted by molar-refractivity contribution is 5.81. The van der Waals surface area contributed by atoms with Crippen LogP contribution < -0.4 is 11.9 Å². The monoisotopic (exact) mass is 161 g/mol. The summed E-state index contributed by atoms with van der Waals surface area (Å²) in [6.07, 6.45) is 1.78. The van der Waals surface area contributed by atoms with Crippen LogP contribution in [0.4, 0.5) is 5.69 Å². The zero-order chi connectivity index (χ0) is 7.68. The lowest BCUT2D eigenvalue weighted by Crippen LogP contribution is -1.84. The molecule has 0 amide bonds. The molecular weight excluding hydrogens is 150 g/mol. The van der Waals surface area contributed by atoms with Crippen LogP contribution in [0.3, 0.4) is 0 Å². The number of nitrogens with zero attached hydrogens (tertiary/aromatic N) is 1. The van der Waals surface area contributed by atoms with E-state index in [0.717, 1.165) is 16.6 Å². The SMILES string of the molecule is N.Nc1ccc2ncccc2c1. The zero-order valence-electron chi connectivity index (χ0n) is 6.70. The molecule has 62 valence electrons. The van der Waals surface area contributed by atoms with Crippen molar-refractivity contribution in [2.45, 2.75) is 0 Å². The van der Waals surface area contributed by atoms with Crippen LogP contribution in [-0.2, 0) is 0 Å². The van der Waals surface area contributed by atoms with Gasteiger partial charge in [0.1, 0.15) is 0 Å². The van der Waals surface area contributed by atoms with Gasteiger partial charge in [0.15, 0.2) is 0 Å². The van der Waals surface area contributed by atoms with Gasteiger partial charge in [0.05, 0.1) is 5.52 Å². The molecule has 2 aromatic rings. The fourth-order valence-electron chi connectivity index (χ4n) is 1.09. The lowest BCUT2D eigenvalue weighted by molar-refractivity contribution is 1.41. The molecule has 0 aliphatic carbocycles. The molecule has 0 radical (unpaired) electrons. The van der Waals surface area contributed by atoms with Gasteiger partial charge in [0, 0.05) is 17.3 Å². The number of benzene rings is 1. The van der Waals surface area contributed by atoms with E-state index in [2.05, 4.69) is 4.98 Å². The first-order valence-electron chi connectivity index (χ1n) is 3.46. The summed E-state index contributed by atoms with van der Waals surface area (Å²) in [5.41, 5.74) is 7.37. The Kier molecular flexibility index (Phi) is 2.26. The van der Waals surface area contributed by atoms with Crippen molar-refractivity contribution in [1.82, 2.24) is 11.1 Å². The minimum atomic E-state index is 0. The third-order valence-corrected chi connectivity index (χ3v) is 1.63. The van der Waals surface area contributed by atoms with Gasteiger partial charge >= 0.3 is 0 Å². The number of pyridine rings is 1. The summed E-state index contributed by atoms with van der Waals surface area (Å²) in [6, 6.07) is 9.60. The highest BCUT2D eigenvalue weighted by Gasteiger charge is 1.91. The molecule has 0 bridgehead atoms. The normalized spacial score (nSPS) is 9.33.